The largest absolute Gasteiger partial charge is 0.481 e. The molecule has 1 aromatic rings. The zero-order chi connectivity index (χ0) is 11.5. The normalized spacial score (nSPS) is 24.2. The maximum Gasteiger partial charge on any atom is 0.307 e. The topological polar surface area (TPSA) is 53.7 Å². The van der Waals surface area contributed by atoms with E-state index in [-0.39, 0.29) is 12.0 Å². The van der Waals surface area contributed by atoms with Gasteiger partial charge in [-0.3, -0.25) is 9.69 Å². The van der Waals surface area contributed by atoms with E-state index in [1.165, 1.54) is 0 Å². The molecule has 16 heavy (non-hydrogen) atoms. The van der Waals surface area contributed by atoms with E-state index in [1.807, 2.05) is 12.1 Å². The molecule has 1 N–H and O–H groups in total. The van der Waals surface area contributed by atoms with E-state index in [9.17, 15) is 4.79 Å². The fraction of sp³-hybridized carbons (Fsp3) is 0.583. The molecule has 1 fully saturated rings. The summed E-state index contributed by atoms with van der Waals surface area (Å²) < 4.78 is 5.36. The quantitative estimate of drug-likeness (QED) is 0.853. The minimum absolute atomic E-state index is 0.164. The average molecular weight is 223 g/mol. The Morgan fingerprint density at radius 2 is 2.50 bits per heavy atom. The van der Waals surface area contributed by atoms with Crippen molar-refractivity contribution in [2.45, 2.75) is 25.8 Å². The lowest BCUT2D eigenvalue weighted by atomic mass is 9.97. The number of hydrogen-bond donors (Lipinski definition) is 1. The molecule has 0 bridgehead atoms. The monoisotopic (exact) mass is 223 g/mol. The first-order valence-electron chi connectivity index (χ1n) is 5.68. The molecule has 0 radical (unpaired) electrons. The minimum Gasteiger partial charge on any atom is -0.481 e. The van der Waals surface area contributed by atoms with Gasteiger partial charge >= 0.3 is 5.97 Å². The Bertz CT molecular complexity index is 347. The second kappa shape index (κ2) is 4.70. The molecule has 0 spiro atoms. The maximum absolute atomic E-state index is 11.0. The molecule has 0 amide bonds. The van der Waals surface area contributed by atoms with Gasteiger partial charge in [0.1, 0.15) is 5.76 Å². The Hall–Kier alpha value is -1.29. The molecule has 0 aromatic carbocycles. The summed E-state index contributed by atoms with van der Waals surface area (Å²) in [5.41, 5.74) is 0. The fourth-order valence-electron chi connectivity index (χ4n) is 2.27. The van der Waals surface area contributed by atoms with Crippen LogP contribution in [0.15, 0.2) is 22.8 Å². The number of aliphatic carboxylic acids is 1. The molecular formula is C12H17NO3. The number of carbonyl (C=O) groups is 1. The summed E-state index contributed by atoms with van der Waals surface area (Å²) >= 11 is 0. The number of nitrogens with zero attached hydrogens (tertiary/aromatic N) is 1. The van der Waals surface area contributed by atoms with Crippen molar-refractivity contribution in [2.24, 2.45) is 5.92 Å². The Kier molecular flexibility index (Phi) is 3.29. The third kappa shape index (κ3) is 2.27. The van der Waals surface area contributed by atoms with Crippen LogP contribution in [0.25, 0.3) is 0 Å². The van der Waals surface area contributed by atoms with Gasteiger partial charge in [0.25, 0.3) is 0 Å². The van der Waals surface area contributed by atoms with Crippen molar-refractivity contribution in [1.82, 2.24) is 4.90 Å². The van der Waals surface area contributed by atoms with Crippen LogP contribution >= 0.6 is 0 Å². The number of carboxylic acid groups (broad SMARTS) is 1. The second-order valence-electron chi connectivity index (χ2n) is 4.36. The van der Waals surface area contributed by atoms with Gasteiger partial charge in [0, 0.05) is 6.54 Å². The molecule has 4 heteroatoms. The summed E-state index contributed by atoms with van der Waals surface area (Å²) in [6, 6.07) is 3.97. The molecule has 2 rings (SSSR count). The summed E-state index contributed by atoms with van der Waals surface area (Å²) in [7, 11) is 0. The van der Waals surface area contributed by atoms with E-state index in [2.05, 4.69) is 11.8 Å². The molecule has 0 unspecified atom stereocenters. The van der Waals surface area contributed by atoms with Gasteiger partial charge < -0.3 is 9.52 Å². The number of piperidine rings is 1. The van der Waals surface area contributed by atoms with E-state index >= 15 is 0 Å². The SMILES string of the molecule is C[C@@H](c1ccco1)N1CCC[C@H](C(=O)O)C1. The predicted molar refractivity (Wildman–Crippen MR) is 59.1 cm³/mol. The number of furan rings is 1. The van der Waals surface area contributed by atoms with Crippen LogP contribution in [0.2, 0.25) is 0 Å². The van der Waals surface area contributed by atoms with E-state index in [4.69, 9.17) is 9.52 Å². The Balaban J connectivity index is 2.01. The van der Waals surface area contributed by atoms with Gasteiger partial charge in [-0.2, -0.15) is 0 Å². The maximum atomic E-state index is 11.0. The summed E-state index contributed by atoms with van der Waals surface area (Å²) in [5, 5.41) is 9.02. The standard InChI is InChI=1S/C12H17NO3/c1-9(11-5-3-7-16-11)13-6-2-4-10(8-13)12(14)15/h3,5,7,9-10H,2,4,6,8H2,1H3,(H,14,15)/t9-,10-/m0/s1. The Labute approximate surface area is 94.9 Å². The average Bonchev–Trinajstić information content (AvgIpc) is 2.81. The molecule has 1 aliphatic heterocycles. The molecule has 88 valence electrons. The van der Waals surface area contributed by atoms with Crippen LogP contribution in [-0.2, 0) is 4.79 Å². The summed E-state index contributed by atoms with van der Waals surface area (Å²) in [5.74, 6) is -0.00598. The molecule has 2 atom stereocenters. The highest BCUT2D eigenvalue weighted by molar-refractivity contribution is 5.70. The predicted octanol–water partition coefficient (Wildman–Crippen LogP) is 2.14. The lowest BCUT2D eigenvalue weighted by molar-refractivity contribution is -0.144. The summed E-state index contributed by atoms with van der Waals surface area (Å²) in [6.45, 7) is 3.63. The van der Waals surface area contributed by atoms with Crippen LogP contribution in [0.1, 0.15) is 31.6 Å². The van der Waals surface area contributed by atoms with Crippen molar-refractivity contribution >= 4 is 5.97 Å². The van der Waals surface area contributed by atoms with Crippen molar-refractivity contribution in [2.75, 3.05) is 13.1 Å². The molecule has 2 heterocycles. The second-order valence-corrected chi connectivity index (χ2v) is 4.36. The van der Waals surface area contributed by atoms with Crippen LogP contribution < -0.4 is 0 Å². The van der Waals surface area contributed by atoms with Gasteiger partial charge in [-0.1, -0.05) is 0 Å². The van der Waals surface area contributed by atoms with E-state index in [0.29, 0.717) is 6.54 Å². The number of hydrogen-bond acceptors (Lipinski definition) is 3. The Morgan fingerprint density at radius 3 is 3.12 bits per heavy atom. The van der Waals surface area contributed by atoms with Crippen molar-refractivity contribution in [1.29, 1.82) is 0 Å². The first kappa shape index (κ1) is 11.2. The first-order valence-corrected chi connectivity index (χ1v) is 5.68. The highest BCUT2D eigenvalue weighted by Crippen LogP contribution is 2.26. The lowest BCUT2D eigenvalue weighted by Gasteiger charge is -2.34. The highest BCUT2D eigenvalue weighted by atomic mass is 16.4. The van der Waals surface area contributed by atoms with Crippen LogP contribution in [0.4, 0.5) is 0 Å². The molecule has 4 nitrogen and oxygen atoms in total. The van der Waals surface area contributed by atoms with E-state index < -0.39 is 5.97 Å². The van der Waals surface area contributed by atoms with Gasteiger partial charge in [0.15, 0.2) is 0 Å². The fourth-order valence-corrected chi connectivity index (χ4v) is 2.27. The third-order valence-corrected chi connectivity index (χ3v) is 3.30. The van der Waals surface area contributed by atoms with Gasteiger partial charge in [-0.05, 0) is 38.4 Å². The van der Waals surface area contributed by atoms with Crippen molar-refractivity contribution in [3.63, 3.8) is 0 Å². The van der Waals surface area contributed by atoms with Gasteiger partial charge in [-0.15, -0.1) is 0 Å². The summed E-state index contributed by atoms with van der Waals surface area (Å²) in [6.07, 6.45) is 3.39. The third-order valence-electron chi connectivity index (χ3n) is 3.30. The first-order chi connectivity index (χ1) is 7.68. The van der Waals surface area contributed by atoms with Gasteiger partial charge in [-0.25, -0.2) is 0 Å². The van der Waals surface area contributed by atoms with Crippen molar-refractivity contribution in [3.8, 4) is 0 Å². The molecule has 1 aliphatic rings. The van der Waals surface area contributed by atoms with E-state index in [0.717, 1.165) is 25.1 Å². The highest BCUT2D eigenvalue weighted by Gasteiger charge is 2.29. The molecule has 0 saturated carbocycles. The smallest absolute Gasteiger partial charge is 0.307 e. The lowest BCUT2D eigenvalue weighted by Crippen LogP contribution is -2.39. The van der Waals surface area contributed by atoms with Gasteiger partial charge in [0.05, 0.1) is 18.2 Å². The summed E-state index contributed by atoms with van der Waals surface area (Å²) in [4.78, 5) is 13.1. The van der Waals surface area contributed by atoms with Crippen LogP contribution in [0, 0.1) is 5.92 Å². The van der Waals surface area contributed by atoms with E-state index in [1.54, 1.807) is 6.26 Å². The Morgan fingerprint density at radius 1 is 1.69 bits per heavy atom. The molecule has 0 aliphatic carbocycles. The number of likely N-dealkylation sites (tertiary alicyclic amines) is 1. The number of rotatable bonds is 3. The van der Waals surface area contributed by atoms with Crippen LogP contribution in [0.5, 0.6) is 0 Å². The number of carboxylic acids is 1. The zero-order valence-corrected chi connectivity index (χ0v) is 9.43. The van der Waals surface area contributed by atoms with Crippen molar-refractivity contribution in [3.05, 3.63) is 24.2 Å². The molecule has 1 saturated heterocycles. The zero-order valence-electron chi connectivity index (χ0n) is 9.43. The van der Waals surface area contributed by atoms with Crippen LogP contribution in [0.3, 0.4) is 0 Å². The van der Waals surface area contributed by atoms with Gasteiger partial charge in [0.2, 0.25) is 0 Å². The molecular weight excluding hydrogens is 206 g/mol. The van der Waals surface area contributed by atoms with Crippen LogP contribution in [-0.4, -0.2) is 29.1 Å². The molecule has 1 aromatic heterocycles. The van der Waals surface area contributed by atoms with Crippen molar-refractivity contribution < 1.29 is 14.3 Å². The minimum atomic E-state index is -0.684.